The Morgan fingerprint density at radius 1 is 1.75 bits per heavy atom. The maximum absolute atomic E-state index is 10.1. The number of alkyl halides is 2. The molecule has 1 saturated carbocycles. The molecule has 0 N–H and O–H groups in total. The molecule has 2 nitrogen and oxygen atoms in total. The fourth-order valence-electron chi connectivity index (χ4n) is 1.32. The average molecular weight is 206 g/mol. The van der Waals surface area contributed by atoms with E-state index < -0.39 is 10.4 Å². The van der Waals surface area contributed by atoms with E-state index in [1.807, 2.05) is 0 Å². The molecule has 12 heavy (non-hydrogen) atoms. The highest BCUT2D eigenvalue weighted by Crippen LogP contribution is 2.40. The minimum absolute atomic E-state index is 0.450. The van der Waals surface area contributed by atoms with Crippen molar-refractivity contribution < 1.29 is 4.79 Å². The Kier molecular flexibility index (Phi) is 2.94. The highest BCUT2D eigenvalue weighted by molar-refractivity contribution is 6.33. The molecule has 0 aromatic heterocycles. The van der Waals surface area contributed by atoms with Gasteiger partial charge in [0.1, 0.15) is 0 Å². The Hall–Kier alpha value is -0.300. The number of nitrogens with zero attached hydrogens (tertiary/aromatic N) is 1. The van der Waals surface area contributed by atoms with Crippen molar-refractivity contribution in [1.29, 1.82) is 0 Å². The van der Waals surface area contributed by atoms with Crippen LogP contribution in [0.1, 0.15) is 19.3 Å². The number of hydrogen-bond donors (Lipinski definition) is 0. The molecule has 4 heteroatoms. The fraction of sp³-hybridized carbons (Fsp3) is 0.625. The SMILES string of the molecule is C=C1CCCC(Cl)(N=C=O)C1Cl. The Balaban J connectivity index is 2.88. The van der Waals surface area contributed by atoms with Crippen LogP contribution in [0.5, 0.6) is 0 Å². The molecule has 1 aliphatic rings. The molecule has 0 bridgehead atoms. The van der Waals surface area contributed by atoms with Crippen molar-refractivity contribution >= 4 is 29.3 Å². The van der Waals surface area contributed by atoms with E-state index in [9.17, 15) is 4.79 Å². The predicted molar refractivity (Wildman–Crippen MR) is 49.3 cm³/mol. The van der Waals surface area contributed by atoms with Crippen LogP contribution in [0.4, 0.5) is 0 Å². The Labute approximate surface area is 81.3 Å². The molecule has 0 aromatic rings. The van der Waals surface area contributed by atoms with Gasteiger partial charge in [-0.3, -0.25) is 0 Å². The third-order valence-corrected chi connectivity index (χ3v) is 3.28. The molecule has 0 aromatic carbocycles. The summed E-state index contributed by atoms with van der Waals surface area (Å²) < 4.78 is 0. The van der Waals surface area contributed by atoms with Gasteiger partial charge in [-0.25, -0.2) is 4.79 Å². The lowest BCUT2D eigenvalue weighted by atomic mass is 9.91. The van der Waals surface area contributed by atoms with Gasteiger partial charge < -0.3 is 0 Å². The van der Waals surface area contributed by atoms with Gasteiger partial charge in [0.05, 0.1) is 5.38 Å². The second kappa shape index (κ2) is 3.61. The molecule has 0 heterocycles. The lowest BCUT2D eigenvalue weighted by Crippen LogP contribution is -2.35. The summed E-state index contributed by atoms with van der Waals surface area (Å²) in [6, 6.07) is 0. The van der Waals surface area contributed by atoms with Gasteiger partial charge >= 0.3 is 0 Å². The number of aliphatic imine (C=N–C) groups is 1. The molecule has 2 atom stereocenters. The average Bonchev–Trinajstić information content (AvgIpc) is 2.01. The lowest BCUT2D eigenvalue weighted by Gasteiger charge is -2.32. The van der Waals surface area contributed by atoms with Gasteiger partial charge in [-0.15, -0.1) is 11.6 Å². The van der Waals surface area contributed by atoms with Crippen molar-refractivity contribution in [1.82, 2.24) is 0 Å². The molecule has 0 spiro atoms. The molecule has 0 radical (unpaired) electrons. The van der Waals surface area contributed by atoms with Crippen LogP contribution in [0.15, 0.2) is 17.1 Å². The van der Waals surface area contributed by atoms with Crippen LogP contribution in [0.25, 0.3) is 0 Å². The van der Waals surface area contributed by atoms with Crippen molar-refractivity contribution in [3.05, 3.63) is 12.2 Å². The van der Waals surface area contributed by atoms with Gasteiger partial charge in [-0.2, -0.15) is 4.99 Å². The number of carbonyl (C=O) groups excluding carboxylic acids is 1. The van der Waals surface area contributed by atoms with Crippen LogP contribution < -0.4 is 0 Å². The van der Waals surface area contributed by atoms with Crippen LogP contribution in [-0.2, 0) is 4.79 Å². The van der Waals surface area contributed by atoms with Gasteiger partial charge in [0, 0.05) is 0 Å². The van der Waals surface area contributed by atoms with E-state index in [0.29, 0.717) is 6.42 Å². The summed E-state index contributed by atoms with van der Waals surface area (Å²) in [6.07, 6.45) is 3.78. The molecule has 1 rings (SSSR count). The first-order chi connectivity index (χ1) is 5.60. The summed E-state index contributed by atoms with van der Waals surface area (Å²) in [5, 5.41) is -0.450. The zero-order valence-corrected chi connectivity index (χ0v) is 8.03. The lowest BCUT2D eigenvalue weighted by molar-refractivity contribution is 0.469. The highest BCUT2D eigenvalue weighted by atomic mass is 35.5. The van der Waals surface area contributed by atoms with E-state index in [2.05, 4.69) is 11.6 Å². The normalized spacial score (nSPS) is 35.8. The van der Waals surface area contributed by atoms with Crippen molar-refractivity contribution in [2.45, 2.75) is 29.6 Å². The molecular weight excluding hydrogens is 197 g/mol. The van der Waals surface area contributed by atoms with Crippen LogP contribution in [0, 0.1) is 0 Å². The third-order valence-electron chi connectivity index (χ3n) is 2.00. The summed E-state index contributed by atoms with van der Waals surface area (Å²) in [4.78, 5) is 12.6. The quantitative estimate of drug-likeness (QED) is 0.213. The van der Waals surface area contributed by atoms with Gasteiger partial charge in [0.25, 0.3) is 0 Å². The second-order valence-electron chi connectivity index (χ2n) is 2.90. The summed E-state index contributed by atoms with van der Waals surface area (Å²) in [5.41, 5.74) is 0.844. The topological polar surface area (TPSA) is 29.4 Å². The van der Waals surface area contributed by atoms with Crippen molar-refractivity contribution in [2.75, 3.05) is 0 Å². The van der Waals surface area contributed by atoms with Crippen LogP contribution in [0.2, 0.25) is 0 Å². The molecule has 0 saturated heterocycles. The first-order valence-corrected chi connectivity index (χ1v) is 4.51. The molecule has 2 unspecified atom stereocenters. The monoisotopic (exact) mass is 205 g/mol. The van der Waals surface area contributed by atoms with Crippen LogP contribution in [-0.4, -0.2) is 16.5 Å². The Morgan fingerprint density at radius 3 is 3.00 bits per heavy atom. The first kappa shape index (κ1) is 9.79. The number of hydrogen-bond acceptors (Lipinski definition) is 2. The summed E-state index contributed by atoms with van der Waals surface area (Å²) in [6.45, 7) is 3.77. The molecule has 1 fully saturated rings. The van der Waals surface area contributed by atoms with Gasteiger partial charge in [0.15, 0.2) is 5.00 Å². The molecule has 1 aliphatic carbocycles. The molecule has 66 valence electrons. The summed E-state index contributed by atoms with van der Waals surface area (Å²) in [5.74, 6) is 0. The van der Waals surface area contributed by atoms with Crippen LogP contribution in [0.3, 0.4) is 0 Å². The number of halogens is 2. The fourth-order valence-corrected chi connectivity index (χ4v) is 1.91. The maximum atomic E-state index is 10.1. The van der Waals surface area contributed by atoms with Crippen LogP contribution >= 0.6 is 23.2 Å². The predicted octanol–water partition coefficient (Wildman–Crippen LogP) is 2.60. The first-order valence-electron chi connectivity index (χ1n) is 3.70. The Bertz CT molecular complexity index is 247. The van der Waals surface area contributed by atoms with E-state index in [4.69, 9.17) is 23.2 Å². The zero-order chi connectivity index (χ0) is 9.19. The standard InChI is InChI=1S/C8H9Cl2NO/c1-6-3-2-4-8(10,7(6)9)11-5-12/h7H,1-4H2. The van der Waals surface area contributed by atoms with E-state index in [0.717, 1.165) is 18.4 Å². The van der Waals surface area contributed by atoms with Gasteiger partial charge in [0.2, 0.25) is 6.08 Å². The van der Waals surface area contributed by atoms with E-state index in [-0.39, 0.29) is 0 Å². The smallest absolute Gasteiger partial charge is 0.211 e. The highest BCUT2D eigenvalue weighted by Gasteiger charge is 2.40. The van der Waals surface area contributed by atoms with E-state index >= 15 is 0 Å². The molecule has 0 amide bonds. The van der Waals surface area contributed by atoms with Crippen molar-refractivity contribution in [2.24, 2.45) is 4.99 Å². The van der Waals surface area contributed by atoms with E-state index in [1.54, 1.807) is 0 Å². The second-order valence-corrected chi connectivity index (χ2v) is 3.99. The molecule has 0 aliphatic heterocycles. The van der Waals surface area contributed by atoms with Gasteiger partial charge in [-0.1, -0.05) is 23.8 Å². The third kappa shape index (κ3) is 1.71. The minimum atomic E-state index is -1.00. The minimum Gasteiger partial charge on any atom is -0.211 e. The summed E-state index contributed by atoms with van der Waals surface area (Å²) in [7, 11) is 0. The Morgan fingerprint density at radius 2 is 2.42 bits per heavy atom. The largest absolute Gasteiger partial charge is 0.236 e. The number of rotatable bonds is 1. The molecular formula is C8H9Cl2NO. The number of isocyanates is 1. The van der Waals surface area contributed by atoms with Crippen molar-refractivity contribution in [3.63, 3.8) is 0 Å². The summed E-state index contributed by atoms with van der Waals surface area (Å²) >= 11 is 11.9. The zero-order valence-electron chi connectivity index (χ0n) is 6.52. The maximum Gasteiger partial charge on any atom is 0.236 e. The van der Waals surface area contributed by atoms with Gasteiger partial charge in [-0.05, 0) is 19.3 Å². The van der Waals surface area contributed by atoms with Crippen molar-refractivity contribution in [3.8, 4) is 0 Å². The van der Waals surface area contributed by atoms with E-state index in [1.165, 1.54) is 6.08 Å².